The van der Waals surface area contributed by atoms with E-state index >= 15 is 0 Å². The van der Waals surface area contributed by atoms with Crippen molar-refractivity contribution in [3.8, 4) is 0 Å². The molecule has 20 heavy (non-hydrogen) atoms. The van der Waals surface area contributed by atoms with Crippen LogP contribution in [-0.4, -0.2) is 0 Å². The Morgan fingerprint density at radius 1 is 0.950 bits per heavy atom. The van der Waals surface area contributed by atoms with Gasteiger partial charge in [0.15, 0.2) is 0 Å². The molecule has 1 aliphatic carbocycles. The predicted molar refractivity (Wildman–Crippen MR) is 86.3 cm³/mol. The van der Waals surface area contributed by atoms with E-state index in [0.29, 0.717) is 0 Å². The van der Waals surface area contributed by atoms with Crippen molar-refractivity contribution in [2.45, 2.75) is 31.2 Å². The molecule has 0 spiro atoms. The minimum atomic E-state index is 0.0403. The Hall–Kier alpha value is -1.16. The fourth-order valence-electron chi connectivity index (χ4n) is 2.74. The van der Waals surface area contributed by atoms with Crippen molar-refractivity contribution in [1.29, 1.82) is 0 Å². The molecule has 3 rings (SSSR count). The lowest BCUT2D eigenvalue weighted by molar-refractivity contribution is 0.419. The molecule has 1 atom stereocenters. The van der Waals surface area contributed by atoms with Crippen LogP contribution in [0.15, 0.2) is 53.0 Å². The van der Waals surface area contributed by atoms with Crippen molar-refractivity contribution in [1.82, 2.24) is 5.43 Å². The van der Waals surface area contributed by atoms with E-state index in [1.165, 1.54) is 36.0 Å². The number of rotatable bonds is 4. The van der Waals surface area contributed by atoms with Crippen LogP contribution in [0.25, 0.3) is 0 Å². The average Bonchev–Trinajstić information content (AvgIpc) is 2.42. The van der Waals surface area contributed by atoms with Gasteiger partial charge in [-0.05, 0) is 47.6 Å². The molecule has 3 heteroatoms. The smallest absolute Gasteiger partial charge is 0.0710 e. The van der Waals surface area contributed by atoms with Gasteiger partial charge in [0.1, 0.15) is 0 Å². The zero-order chi connectivity index (χ0) is 13.9. The van der Waals surface area contributed by atoms with Crippen molar-refractivity contribution in [3.05, 3.63) is 69.7 Å². The molecule has 2 aromatic rings. The highest BCUT2D eigenvalue weighted by molar-refractivity contribution is 9.10. The van der Waals surface area contributed by atoms with E-state index in [9.17, 15) is 0 Å². The fourth-order valence-corrected chi connectivity index (χ4v) is 3.01. The second kappa shape index (κ2) is 6.08. The third-order valence-corrected chi connectivity index (χ3v) is 4.75. The number of hydrazine groups is 1. The van der Waals surface area contributed by atoms with Gasteiger partial charge in [-0.3, -0.25) is 5.84 Å². The molecule has 1 unspecified atom stereocenters. The van der Waals surface area contributed by atoms with Crippen molar-refractivity contribution in [3.63, 3.8) is 0 Å². The number of hydrogen-bond donors (Lipinski definition) is 2. The summed E-state index contributed by atoms with van der Waals surface area (Å²) in [6.45, 7) is 0. The molecule has 0 saturated heterocycles. The van der Waals surface area contributed by atoms with Crippen LogP contribution < -0.4 is 11.3 Å². The van der Waals surface area contributed by atoms with Gasteiger partial charge < -0.3 is 0 Å². The largest absolute Gasteiger partial charge is 0.271 e. The maximum absolute atomic E-state index is 5.75. The lowest BCUT2D eigenvalue weighted by Crippen LogP contribution is -2.28. The zero-order valence-electron chi connectivity index (χ0n) is 11.4. The van der Waals surface area contributed by atoms with E-state index in [-0.39, 0.29) is 6.04 Å². The molecule has 104 valence electrons. The van der Waals surface area contributed by atoms with Gasteiger partial charge in [0.25, 0.3) is 0 Å². The Bertz CT molecular complexity index is 559. The van der Waals surface area contributed by atoms with E-state index in [2.05, 4.69) is 57.8 Å². The first-order chi connectivity index (χ1) is 9.78. The highest BCUT2D eigenvalue weighted by atomic mass is 79.9. The van der Waals surface area contributed by atoms with E-state index in [4.69, 9.17) is 5.84 Å². The summed E-state index contributed by atoms with van der Waals surface area (Å²) in [5.74, 6) is 6.53. The SMILES string of the molecule is NNC(c1ccc(Br)cc1)c1ccc(C2CCC2)cc1. The van der Waals surface area contributed by atoms with Gasteiger partial charge in [-0.15, -0.1) is 0 Å². The maximum Gasteiger partial charge on any atom is 0.0710 e. The second-order valence-corrected chi connectivity index (χ2v) is 6.36. The lowest BCUT2D eigenvalue weighted by Gasteiger charge is -2.26. The topological polar surface area (TPSA) is 38.0 Å². The molecular formula is C17H19BrN2. The molecule has 2 aromatic carbocycles. The molecule has 1 saturated carbocycles. The lowest BCUT2D eigenvalue weighted by atomic mass is 9.79. The van der Waals surface area contributed by atoms with Crippen molar-refractivity contribution in [2.24, 2.45) is 5.84 Å². The first-order valence-corrected chi connectivity index (χ1v) is 7.88. The molecule has 0 radical (unpaired) electrons. The zero-order valence-corrected chi connectivity index (χ0v) is 12.9. The van der Waals surface area contributed by atoms with Crippen LogP contribution in [0.1, 0.15) is 47.9 Å². The van der Waals surface area contributed by atoms with E-state index in [0.717, 1.165) is 10.4 Å². The summed E-state index contributed by atoms with van der Waals surface area (Å²) in [5, 5.41) is 0. The molecule has 1 aliphatic rings. The average molecular weight is 331 g/mol. The van der Waals surface area contributed by atoms with Gasteiger partial charge in [-0.2, -0.15) is 0 Å². The van der Waals surface area contributed by atoms with Crippen LogP contribution in [0.5, 0.6) is 0 Å². The van der Waals surface area contributed by atoms with Gasteiger partial charge in [0, 0.05) is 4.47 Å². The Balaban J connectivity index is 1.83. The summed E-state index contributed by atoms with van der Waals surface area (Å²) < 4.78 is 1.08. The second-order valence-electron chi connectivity index (χ2n) is 5.45. The van der Waals surface area contributed by atoms with E-state index in [1.807, 2.05) is 12.1 Å². The molecular weight excluding hydrogens is 312 g/mol. The van der Waals surface area contributed by atoms with Crippen LogP contribution in [0.3, 0.4) is 0 Å². The molecule has 0 bridgehead atoms. The summed E-state index contributed by atoms with van der Waals surface area (Å²) >= 11 is 3.46. The maximum atomic E-state index is 5.75. The summed E-state index contributed by atoms with van der Waals surface area (Å²) in [4.78, 5) is 0. The standard InChI is InChI=1S/C17H19BrN2/c18-16-10-8-15(9-11-16)17(20-19)14-6-4-13(5-7-14)12-2-1-3-12/h4-12,17,20H,1-3,19H2. The van der Waals surface area contributed by atoms with Crippen molar-refractivity contribution in [2.75, 3.05) is 0 Å². The van der Waals surface area contributed by atoms with Crippen molar-refractivity contribution < 1.29 is 0 Å². The van der Waals surface area contributed by atoms with Crippen LogP contribution in [0.2, 0.25) is 0 Å². The van der Waals surface area contributed by atoms with E-state index in [1.54, 1.807) is 0 Å². The Morgan fingerprint density at radius 3 is 1.95 bits per heavy atom. The van der Waals surface area contributed by atoms with Crippen LogP contribution in [0, 0.1) is 0 Å². The highest BCUT2D eigenvalue weighted by Crippen LogP contribution is 2.36. The van der Waals surface area contributed by atoms with E-state index < -0.39 is 0 Å². The summed E-state index contributed by atoms with van der Waals surface area (Å²) in [6, 6.07) is 17.2. The molecule has 2 nitrogen and oxygen atoms in total. The molecule has 3 N–H and O–H groups in total. The minimum absolute atomic E-state index is 0.0403. The van der Waals surface area contributed by atoms with Gasteiger partial charge in [0.05, 0.1) is 6.04 Å². The van der Waals surface area contributed by atoms with Crippen LogP contribution in [-0.2, 0) is 0 Å². The third-order valence-electron chi connectivity index (χ3n) is 4.22. The minimum Gasteiger partial charge on any atom is -0.271 e. The number of benzene rings is 2. The molecule has 1 fully saturated rings. The molecule has 0 heterocycles. The molecule has 0 aromatic heterocycles. The Morgan fingerprint density at radius 2 is 1.50 bits per heavy atom. The number of halogens is 1. The fraction of sp³-hybridized carbons (Fsp3) is 0.294. The predicted octanol–water partition coefficient (Wildman–Crippen LogP) is 4.27. The first kappa shape index (κ1) is 13.8. The van der Waals surface area contributed by atoms with Gasteiger partial charge >= 0.3 is 0 Å². The van der Waals surface area contributed by atoms with Crippen LogP contribution in [0.4, 0.5) is 0 Å². The Labute approximate surface area is 128 Å². The van der Waals surface area contributed by atoms with Gasteiger partial charge in [-0.25, -0.2) is 5.43 Å². The summed E-state index contributed by atoms with van der Waals surface area (Å²) in [6.07, 6.45) is 4.05. The number of nitrogens with two attached hydrogens (primary N) is 1. The quantitative estimate of drug-likeness (QED) is 0.649. The monoisotopic (exact) mass is 330 g/mol. The summed E-state index contributed by atoms with van der Waals surface area (Å²) in [5.41, 5.74) is 6.76. The number of nitrogens with one attached hydrogen (secondary N) is 1. The highest BCUT2D eigenvalue weighted by Gasteiger charge is 2.20. The molecule has 0 amide bonds. The summed E-state index contributed by atoms with van der Waals surface area (Å²) in [7, 11) is 0. The number of hydrogen-bond acceptors (Lipinski definition) is 2. The third kappa shape index (κ3) is 2.80. The van der Waals surface area contributed by atoms with Gasteiger partial charge in [-0.1, -0.05) is 58.7 Å². The first-order valence-electron chi connectivity index (χ1n) is 7.09. The van der Waals surface area contributed by atoms with Crippen molar-refractivity contribution >= 4 is 15.9 Å². The Kier molecular flexibility index (Phi) is 4.20. The van der Waals surface area contributed by atoms with Gasteiger partial charge in [0.2, 0.25) is 0 Å². The molecule has 0 aliphatic heterocycles. The van der Waals surface area contributed by atoms with Crippen LogP contribution >= 0.6 is 15.9 Å². The normalized spacial score (nSPS) is 16.7.